The van der Waals surface area contributed by atoms with Gasteiger partial charge in [0.25, 0.3) is 11.8 Å². The van der Waals surface area contributed by atoms with Crippen molar-refractivity contribution in [3.8, 4) is 0 Å². The van der Waals surface area contributed by atoms with Gasteiger partial charge in [0.1, 0.15) is 5.69 Å². The summed E-state index contributed by atoms with van der Waals surface area (Å²) >= 11 is 0. The van der Waals surface area contributed by atoms with Crippen LogP contribution in [-0.4, -0.2) is 16.8 Å². The molecule has 5 aromatic rings. The third-order valence-corrected chi connectivity index (χ3v) is 6.53. The number of rotatable bonds is 6. The number of hydrogen-bond acceptors (Lipinski definition) is 3. The van der Waals surface area contributed by atoms with Crippen LogP contribution < -0.4 is 10.6 Å². The Morgan fingerprint density at radius 2 is 1.14 bits per heavy atom. The zero-order chi connectivity index (χ0) is 25.1. The van der Waals surface area contributed by atoms with Gasteiger partial charge in [-0.1, -0.05) is 84.9 Å². The molecule has 5 nitrogen and oxygen atoms in total. The maximum atomic E-state index is 13.1. The molecular weight excluding hydrogens is 446 g/mol. The number of amides is 2. The number of carbonyl (C=O) groups excluding carboxylic acids is 2. The van der Waals surface area contributed by atoms with Crippen molar-refractivity contribution < 1.29 is 9.59 Å². The van der Waals surface area contributed by atoms with E-state index in [2.05, 4.69) is 45.9 Å². The lowest BCUT2D eigenvalue weighted by molar-refractivity contribution is 0.0935. The summed E-state index contributed by atoms with van der Waals surface area (Å²) in [6.07, 6.45) is 1.50. The molecule has 0 saturated heterocycles. The highest BCUT2D eigenvalue weighted by molar-refractivity contribution is 5.99. The molecule has 4 aromatic carbocycles. The third-order valence-electron chi connectivity index (χ3n) is 6.53. The van der Waals surface area contributed by atoms with Gasteiger partial charge in [-0.05, 0) is 58.7 Å². The minimum Gasteiger partial charge on any atom is -0.345 e. The fourth-order valence-electron chi connectivity index (χ4n) is 4.66. The van der Waals surface area contributed by atoms with Gasteiger partial charge in [-0.15, -0.1) is 0 Å². The first kappa shape index (κ1) is 23.2. The molecule has 0 radical (unpaired) electrons. The molecule has 1 aromatic heterocycles. The first-order chi connectivity index (χ1) is 17.5. The van der Waals surface area contributed by atoms with Gasteiger partial charge in [-0.25, -0.2) is 0 Å². The highest BCUT2D eigenvalue weighted by Crippen LogP contribution is 2.25. The topological polar surface area (TPSA) is 71.1 Å². The number of benzene rings is 4. The van der Waals surface area contributed by atoms with Gasteiger partial charge >= 0.3 is 0 Å². The standard InChI is InChI=1S/C31H27N3O2/c1-20(25-15-7-11-22-9-3-5-13-27(22)25)33-30(35)24-17-18-32-29(19-24)31(36)34-21(2)26-16-8-12-23-10-4-6-14-28(23)26/h3-21H,1-2H3,(H,33,35)(H,34,36)/t20-,21-/m1/s1. The Morgan fingerprint density at radius 1 is 0.639 bits per heavy atom. The predicted octanol–water partition coefficient (Wildman–Crippen LogP) is 6.37. The van der Waals surface area contributed by atoms with Crippen molar-refractivity contribution >= 4 is 33.4 Å². The Kier molecular flexibility index (Phi) is 6.46. The lowest BCUT2D eigenvalue weighted by Gasteiger charge is -2.18. The average Bonchev–Trinajstić information content (AvgIpc) is 2.92. The van der Waals surface area contributed by atoms with E-state index in [0.717, 1.165) is 32.7 Å². The largest absolute Gasteiger partial charge is 0.345 e. The molecular formula is C31H27N3O2. The van der Waals surface area contributed by atoms with Crippen molar-refractivity contribution in [2.24, 2.45) is 0 Å². The summed E-state index contributed by atoms with van der Waals surface area (Å²) in [6, 6.07) is 31.0. The quantitative estimate of drug-likeness (QED) is 0.301. The Balaban J connectivity index is 1.31. The van der Waals surface area contributed by atoms with Crippen LogP contribution in [0.25, 0.3) is 21.5 Å². The Morgan fingerprint density at radius 3 is 1.72 bits per heavy atom. The molecule has 0 fully saturated rings. The zero-order valence-electron chi connectivity index (χ0n) is 20.2. The van der Waals surface area contributed by atoms with Crippen molar-refractivity contribution in [2.75, 3.05) is 0 Å². The van der Waals surface area contributed by atoms with Crippen LogP contribution >= 0.6 is 0 Å². The van der Waals surface area contributed by atoms with Gasteiger partial charge in [0, 0.05) is 11.8 Å². The number of hydrogen-bond donors (Lipinski definition) is 2. The van der Waals surface area contributed by atoms with E-state index in [0.29, 0.717) is 5.56 Å². The van der Waals surface area contributed by atoms with Gasteiger partial charge < -0.3 is 10.6 Å². The first-order valence-corrected chi connectivity index (χ1v) is 12.0. The molecule has 0 aliphatic carbocycles. The second-order valence-electron chi connectivity index (χ2n) is 8.96. The average molecular weight is 474 g/mol. The van der Waals surface area contributed by atoms with E-state index in [-0.39, 0.29) is 29.6 Å². The molecule has 36 heavy (non-hydrogen) atoms. The zero-order valence-corrected chi connectivity index (χ0v) is 20.2. The lowest BCUT2D eigenvalue weighted by atomic mass is 9.99. The van der Waals surface area contributed by atoms with Crippen LogP contribution in [0.15, 0.2) is 103 Å². The number of carbonyl (C=O) groups is 2. The predicted molar refractivity (Wildman–Crippen MR) is 144 cm³/mol. The van der Waals surface area contributed by atoms with Crippen molar-refractivity contribution in [3.63, 3.8) is 0 Å². The van der Waals surface area contributed by atoms with E-state index >= 15 is 0 Å². The Hall–Kier alpha value is -4.51. The van der Waals surface area contributed by atoms with Crippen LogP contribution in [-0.2, 0) is 0 Å². The summed E-state index contributed by atoms with van der Waals surface area (Å²) in [4.78, 5) is 30.3. The summed E-state index contributed by atoms with van der Waals surface area (Å²) in [5.74, 6) is -0.582. The van der Waals surface area contributed by atoms with Crippen molar-refractivity contribution in [2.45, 2.75) is 25.9 Å². The van der Waals surface area contributed by atoms with Gasteiger partial charge in [0.2, 0.25) is 0 Å². The molecule has 0 aliphatic heterocycles. The third kappa shape index (κ3) is 4.68. The second kappa shape index (κ2) is 10.0. The number of fused-ring (bicyclic) bond motifs is 2. The molecule has 2 N–H and O–H groups in total. The summed E-state index contributed by atoms with van der Waals surface area (Å²) < 4.78 is 0. The van der Waals surface area contributed by atoms with Gasteiger partial charge in [-0.3, -0.25) is 14.6 Å². The molecule has 0 bridgehead atoms. The van der Waals surface area contributed by atoms with Crippen molar-refractivity contribution in [3.05, 3.63) is 126 Å². The molecule has 178 valence electrons. The lowest BCUT2D eigenvalue weighted by Crippen LogP contribution is -2.29. The van der Waals surface area contributed by atoms with E-state index in [4.69, 9.17) is 0 Å². The molecule has 2 amide bonds. The first-order valence-electron chi connectivity index (χ1n) is 12.0. The van der Waals surface area contributed by atoms with Gasteiger partial charge in [0.05, 0.1) is 12.1 Å². The number of nitrogens with zero attached hydrogens (tertiary/aromatic N) is 1. The van der Waals surface area contributed by atoms with Crippen LogP contribution in [0.1, 0.15) is 57.9 Å². The van der Waals surface area contributed by atoms with Crippen LogP contribution in [0.5, 0.6) is 0 Å². The van der Waals surface area contributed by atoms with Crippen LogP contribution in [0.3, 0.4) is 0 Å². The van der Waals surface area contributed by atoms with E-state index in [9.17, 15) is 9.59 Å². The van der Waals surface area contributed by atoms with E-state index in [1.54, 1.807) is 6.07 Å². The molecule has 0 aliphatic rings. The van der Waals surface area contributed by atoms with Crippen molar-refractivity contribution in [1.82, 2.24) is 15.6 Å². The highest BCUT2D eigenvalue weighted by Gasteiger charge is 2.18. The van der Waals surface area contributed by atoms with Gasteiger partial charge in [0.15, 0.2) is 0 Å². The normalized spacial score (nSPS) is 12.7. The van der Waals surface area contributed by atoms with Crippen LogP contribution in [0.4, 0.5) is 0 Å². The molecule has 5 rings (SSSR count). The summed E-state index contributed by atoms with van der Waals surface area (Å²) in [7, 11) is 0. The maximum Gasteiger partial charge on any atom is 0.270 e. The maximum absolute atomic E-state index is 13.1. The monoisotopic (exact) mass is 473 g/mol. The fourth-order valence-corrected chi connectivity index (χ4v) is 4.66. The molecule has 1 heterocycles. The van der Waals surface area contributed by atoms with Crippen molar-refractivity contribution in [1.29, 1.82) is 0 Å². The molecule has 5 heteroatoms. The van der Waals surface area contributed by atoms with E-state index in [1.807, 2.05) is 68.4 Å². The molecule has 0 saturated carbocycles. The summed E-state index contributed by atoms with van der Waals surface area (Å²) in [5.41, 5.74) is 2.66. The second-order valence-corrected chi connectivity index (χ2v) is 8.96. The number of nitrogens with one attached hydrogen (secondary N) is 2. The fraction of sp³-hybridized carbons (Fsp3) is 0.129. The molecule has 0 spiro atoms. The Labute approximate surface area is 210 Å². The highest BCUT2D eigenvalue weighted by atomic mass is 16.2. The molecule has 0 unspecified atom stereocenters. The van der Waals surface area contributed by atoms with E-state index < -0.39 is 0 Å². The number of pyridine rings is 1. The minimum absolute atomic E-state index is 0.201. The Bertz CT molecular complexity index is 1450. The van der Waals surface area contributed by atoms with E-state index in [1.165, 1.54) is 12.3 Å². The smallest absolute Gasteiger partial charge is 0.270 e. The van der Waals surface area contributed by atoms with Crippen LogP contribution in [0, 0.1) is 0 Å². The SMILES string of the molecule is C[C@@H](NC(=O)c1ccnc(C(=O)N[C@H](C)c2cccc3ccccc23)c1)c1cccc2ccccc12. The summed E-state index contributed by atoms with van der Waals surface area (Å²) in [5, 5.41) is 10.5. The van der Waals surface area contributed by atoms with Crippen LogP contribution in [0.2, 0.25) is 0 Å². The number of aromatic nitrogens is 1. The minimum atomic E-state index is -0.327. The molecule has 2 atom stereocenters. The van der Waals surface area contributed by atoms with Gasteiger partial charge in [-0.2, -0.15) is 0 Å². The summed E-state index contributed by atoms with van der Waals surface area (Å²) in [6.45, 7) is 3.91.